The first-order valence-corrected chi connectivity index (χ1v) is 23.2. The first-order valence-electron chi connectivity index (χ1n) is 23.2. The predicted molar refractivity (Wildman–Crippen MR) is 270 cm³/mol. The number of carboxylic acids is 1. The van der Waals surface area contributed by atoms with Gasteiger partial charge in [-0.1, -0.05) is 12.1 Å². The van der Waals surface area contributed by atoms with Crippen molar-refractivity contribution in [1.82, 2.24) is 39.5 Å². The lowest BCUT2D eigenvalue weighted by molar-refractivity contribution is 0.0566. The molecule has 23 heteroatoms. The molecule has 0 unspecified atom stereocenters. The highest BCUT2D eigenvalue weighted by molar-refractivity contribution is 6.07. The van der Waals surface area contributed by atoms with Gasteiger partial charge in [0.05, 0.1) is 22.8 Å². The van der Waals surface area contributed by atoms with Crippen molar-refractivity contribution in [3.8, 4) is 22.5 Å². The number of carbonyl (C=O) groups is 6. The number of nitrogens with zero attached hydrogens (tertiary/aromatic N) is 10. The number of pyridine rings is 4. The molecule has 0 bridgehead atoms. The Hall–Kier alpha value is -8.76. The largest absolute Gasteiger partial charge is 0.477 e. The van der Waals surface area contributed by atoms with Gasteiger partial charge in [0, 0.05) is 63.1 Å². The molecule has 8 N–H and O–H groups in total. The molecule has 23 nitrogen and oxygen atoms in total. The molecule has 6 aromatic rings. The molecule has 6 heterocycles. The SMILES string of the molecule is CC(C)(C)OC(=O)N(CC1CC1)c1cc(-c2cccc(C(=O)O)n2)ccn1.Cn1cc(N)c(C(N)=O)n1.Cn1cc(NC(=O)c2cccc(-c3ccnc(N(CC4CC4)C(=O)OC(C)(C)C)c3)n2)c(C(N)=O)n1. The standard InChI is InChI=1S/C25H29N7O4.C20H23N3O4.C5H8N4O/c1-25(2,3)36-24(35)32(13-15-8-9-15)20-12-16(10-11-27-20)17-6-5-7-18(28-17)23(34)29-19-14-31(4)30-21(19)22(26)33;1-20(2,3)27-19(26)23(12-13-7-8-13)17-11-14(9-10-21-17)15-5-4-6-16(22-15)18(24)25;1-9-2-3(6)4(8-9)5(7)10/h5-7,10-12,14-15H,8-9,13H2,1-4H3,(H2,26,33)(H,29,34);4-6,9-11,13H,7-8,12H2,1-3H3,(H,24,25);2H,6H2,1H3,(H2,7,10). The van der Waals surface area contributed by atoms with Crippen LogP contribution in [0.15, 0.2) is 85.5 Å². The minimum atomic E-state index is -1.09. The van der Waals surface area contributed by atoms with E-state index in [4.69, 9.17) is 31.8 Å². The highest BCUT2D eigenvalue weighted by Gasteiger charge is 2.33. The Morgan fingerprint density at radius 2 is 1.11 bits per heavy atom. The molecule has 2 fully saturated rings. The normalized spacial score (nSPS) is 13.0. The van der Waals surface area contributed by atoms with Crippen LogP contribution in [-0.4, -0.2) is 105 Å². The second kappa shape index (κ2) is 22.5. The fraction of sp³-hybridized carbons (Fsp3) is 0.360. The van der Waals surface area contributed by atoms with Gasteiger partial charge in [0.25, 0.3) is 17.7 Å². The monoisotopic (exact) mass is 1000 g/mol. The molecule has 0 aliphatic heterocycles. The number of hydrogen-bond acceptors (Lipinski definition) is 15. The quantitative estimate of drug-likeness (QED) is 0.0827. The van der Waals surface area contributed by atoms with Gasteiger partial charge in [0.15, 0.2) is 11.4 Å². The number of nitrogens with one attached hydrogen (secondary N) is 1. The molecule has 5 amide bonds. The van der Waals surface area contributed by atoms with Crippen molar-refractivity contribution in [2.24, 2.45) is 37.4 Å². The van der Waals surface area contributed by atoms with Gasteiger partial charge in [-0.15, -0.1) is 0 Å². The van der Waals surface area contributed by atoms with Crippen LogP contribution < -0.4 is 32.3 Å². The number of aromatic nitrogens is 8. The van der Waals surface area contributed by atoms with E-state index in [2.05, 4.69) is 35.5 Å². The number of nitrogen functional groups attached to an aromatic ring is 1. The lowest BCUT2D eigenvalue weighted by atomic mass is 10.1. The smallest absolute Gasteiger partial charge is 0.416 e. The summed E-state index contributed by atoms with van der Waals surface area (Å²) in [6.45, 7) is 12.0. The Bertz CT molecular complexity index is 3000. The summed E-state index contributed by atoms with van der Waals surface area (Å²) >= 11 is 0. The number of aromatic carboxylic acids is 1. The van der Waals surface area contributed by atoms with Gasteiger partial charge in [-0.25, -0.2) is 34.3 Å². The van der Waals surface area contributed by atoms with E-state index >= 15 is 0 Å². The average Bonchev–Trinajstić information content (AvgIpc) is 4.26. The number of carboxylic acid groups (broad SMARTS) is 1. The number of aryl methyl sites for hydroxylation is 2. The molecule has 2 aliphatic rings. The molecule has 2 saturated carbocycles. The van der Waals surface area contributed by atoms with Crippen LogP contribution in [-0.2, 0) is 23.6 Å². The summed E-state index contributed by atoms with van der Waals surface area (Å²) in [6, 6.07) is 16.8. The Balaban J connectivity index is 0.000000205. The number of ether oxygens (including phenoxy) is 2. The van der Waals surface area contributed by atoms with E-state index in [1.165, 1.54) is 27.8 Å². The van der Waals surface area contributed by atoms with Crippen LogP contribution in [0.3, 0.4) is 0 Å². The van der Waals surface area contributed by atoms with Crippen LogP contribution in [0.4, 0.5) is 32.6 Å². The summed E-state index contributed by atoms with van der Waals surface area (Å²) in [5.74, 6) is -1.16. The van der Waals surface area contributed by atoms with Crippen molar-refractivity contribution in [2.45, 2.75) is 78.4 Å². The van der Waals surface area contributed by atoms with Crippen molar-refractivity contribution in [1.29, 1.82) is 0 Å². The Morgan fingerprint density at radius 3 is 1.51 bits per heavy atom. The molecule has 0 spiro atoms. The van der Waals surface area contributed by atoms with Crippen LogP contribution >= 0.6 is 0 Å². The van der Waals surface area contributed by atoms with Crippen molar-refractivity contribution in [2.75, 3.05) is 33.9 Å². The second-order valence-corrected chi connectivity index (χ2v) is 19.3. The third-order valence-electron chi connectivity index (χ3n) is 10.5. The summed E-state index contributed by atoms with van der Waals surface area (Å²) in [5.41, 5.74) is 17.5. The topological polar surface area (TPSA) is 325 Å². The van der Waals surface area contributed by atoms with Gasteiger partial charge < -0.3 is 37.1 Å². The second-order valence-electron chi connectivity index (χ2n) is 19.3. The first-order chi connectivity index (χ1) is 34.3. The minimum absolute atomic E-state index is 0.0344. The van der Waals surface area contributed by atoms with E-state index in [0.29, 0.717) is 64.8 Å². The molecule has 0 aromatic carbocycles. The summed E-state index contributed by atoms with van der Waals surface area (Å²) in [4.78, 5) is 92.2. The summed E-state index contributed by atoms with van der Waals surface area (Å²) < 4.78 is 14.0. The van der Waals surface area contributed by atoms with Crippen LogP contribution in [0.1, 0.15) is 109 Å². The van der Waals surface area contributed by atoms with E-state index in [0.717, 1.165) is 25.7 Å². The molecular weight excluding hydrogens is 941 g/mol. The maximum Gasteiger partial charge on any atom is 0.416 e. The lowest BCUT2D eigenvalue weighted by Crippen LogP contribution is -2.38. The third kappa shape index (κ3) is 15.6. The van der Waals surface area contributed by atoms with Crippen molar-refractivity contribution in [3.63, 3.8) is 0 Å². The van der Waals surface area contributed by atoms with Crippen molar-refractivity contribution < 1.29 is 43.3 Å². The summed E-state index contributed by atoms with van der Waals surface area (Å²) in [5, 5.41) is 19.5. The van der Waals surface area contributed by atoms with Crippen molar-refractivity contribution >= 4 is 58.9 Å². The molecule has 0 radical (unpaired) electrons. The molecular formula is C50H60N14O9. The molecule has 6 aromatic heterocycles. The van der Waals surface area contributed by atoms with Gasteiger partial charge in [0.1, 0.15) is 34.2 Å². The third-order valence-corrected chi connectivity index (χ3v) is 10.5. The molecule has 0 atom stereocenters. The van der Waals surface area contributed by atoms with E-state index in [-0.39, 0.29) is 28.5 Å². The maximum atomic E-state index is 12.9. The number of hydrogen-bond donors (Lipinski definition) is 5. The van der Waals surface area contributed by atoms with Crippen LogP contribution in [0, 0.1) is 11.8 Å². The number of anilines is 4. The number of rotatable bonds is 13. The first kappa shape index (κ1) is 53.6. The van der Waals surface area contributed by atoms with Gasteiger partial charge in [-0.3, -0.25) is 33.5 Å². The Kier molecular flexibility index (Phi) is 16.6. The molecule has 0 saturated heterocycles. The predicted octanol–water partition coefficient (Wildman–Crippen LogP) is 6.47. The molecule has 2 aliphatic carbocycles. The van der Waals surface area contributed by atoms with E-state index in [9.17, 15) is 28.8 Å². The Labute approximate surface area is 421 Å². The molecule has 384 valence electrons. The van der Waals surface area contributed by atoms with Gasteiger partial charge in [-0.2, -0.15) is 10.2 Å². The van der Waals surface area contributed by atoms with Crippen LogP contribution in [0.5, 0.6) is 0 Å². The van der Waals surface area contributed by atoms with E-state index in [1.807, 2.05) is 41.5 Å². The number of nitrogens with two attached hydrogens (primary N) is 3. The summed E-state index contributed by atoms with van der Waals surface area (Å²) in [6.07, 6.45) is 9.60. The van der Waals surface area contributed by atoms with E-state index in [1.54, 1.807) is 90.9 Å². The number of carbonyl (C=O) groups excluding carboxylic acids is 5. The zero-order valence-corrected chi connectivity index (χ0v) is 41.9. The van der Waals surface area contributed by atoms with Crippen molar-refractivity contribution in [3.05, 3.63) is 108 Å². The molecule has 8 rings (SSSR count). The van der Waals surface area contributed by atoms with E-state index < -0.39 is 47.1 Å². The van der Waals surface area contributed by atoms with Gasteiger partial charge in [0.2, 0.25) is 0 Å². The zero-order valence-electron chi connectivity index (χ0n) is 41.9. The fourth-order valence-corrected chi connectivity index (χ4v) is 6.81. The maximum absolute atomic E-state index is 12.9. The van der Waals surface area contributed by atoms with Crippen LogP contribution in [0.2, 0.25) is 0 Å². The van der Waals surface area contributed by atoms with Gasteiger partial charge >= 0.3 is 18.2 Å². The Morgan fingerprint density at radius 1 is 0.671 bits per heavy atom. The highest BCUT2D eigenvalue weighted by atomic mass is 16.6. The number of primary amides is 2. The minimum Gasteiger partial charge on any atom is -0.477 e. The van der Waals surface area contributed by atoms with Crippen LogP contribution in [0.25, 0.3) is 22.5 Å². The summed E-state index contributed by atoms with van der Waals surface area (Å²) in [7, 11) is 3.29. The van der Waals surface area contributed by atoms with Gasteiger partial charge in [-0.05, 0) is 128 Å². The fourth-order valence-electron chi connectivity index (χ4n) is 6.81. The zero-order chi connectivity index (χ0) is 53.4. The molecule has 73 heavy (non-hydrogen) atoms. The number of amides is 5. The average molecular weight is 1000 g/mol. The highest BCUT2D eigenvalue weighted by Crippen LogP contribution is 2.34. The lowest BCUT2D eigenvalue weighted by Gasteiger charge is -2.27.